The van der Waals surface area contributed by atoms with Crippen LogP contribution < -0.4 is 10.2 Å². The molecule has 28 heavy (non-hydrogen) atoms. The highest BCUT2D eigenvalue weighted by atomic mass is 16.5. The molecule has 0 aromatic carbocycles. The van der Waals surface area contributed by atoms with E-state index >= 15 is 0 Å². The van der Waals surface area contributed by atoms with Crippen LogP contribution in [-0.2, 0) is 4.74 Å². The Morgan fingerprint density at radius 3 is 2.86 bits per heavy atom. The molecule has 7 heteroatoms. The summed E-state index contributed by atoms with van der Waals surface area (Å²) in [5.41, 5.74) is 3.25. The van der Waals surface area contributed by atoms with Gasteiger partial charge in [0.15, 0.2) is 0 Å². The minimum atomic E-state index is 0.187. The zero-order chi connectivity index (χ0) is 19.1. The van der Waals surface area contributed by atoms with Gasteiger partial charge in [-0.05, 0) is 56.5 Å². The zero-order valence-corrected chi connectivity index (χ0v) is 16.5. The molecule has 0 saturated carbocycles. The van der Waals surface area contributed by atoms with Crippen LogP contribution in [0.3, 0.4) is 0 Å². The Hall–Kier alpha value is -2.14. The second kappa shape index (κ2) is 7.03. The first-order chi connectivity index (χ1) is 13.7. The molecule has 0 radical (unpaired) electrons. The SMILES string of the molecule is C[C@@H]1CN(c2ccc(C#N)n3nccc23)C[C@H](CN2CC3(CCNCC3)C2)O1. The van der Waals surface area contributed by atoms with E-state index in [2.05, 4.69) is 39.3 Å². The van der Waals surface area contributed by atoms with Crippen molar-refractivity contribution in [3.05, 3.63) is 30.1 Å². The zero-order valence-electron chi connectivity index (χ0n) is 16.5. The molecular formula is C21H28N6O. The van der Waals surface area contributed by atoms with E-state index in [4.69, 9.17) is 4.74 Å². The van der Waals surface area contributed by atoms with Crippen molar-refractivity contribution in [1.29, 1.82) is 5.26 Å². The Morgan fingerprint density at radius 2 is 2.07 bits per heavy atom. The van der Waals surface area contributed by atoms with E-state index in [1.54, 1.807) is 10.7 Å². The molecule has 2 atom stereocenters. The first-order valence-corrected chi connectivity index (χ1v) is 10.4. The van der Waals surface area contributed by atoms with Crippen LogP contribution in [0.25, 0.3) is 5.52 Å². The van der Waals surface area contributed by atoms with Gasteiger partial charge in [-0.1, -0.05) is 0 Å². The van der Waals surface area contributed by atoms with E-state index in [9.17, 15) is 5.26 Å². The summed E-state index contributed by atoms with van der Waals surface area (Å²) < 4.78 is 8.03. The standard InChI is InChI=1S/C21H28N6O/c1-16-11-26(19-3-2-17(10-22)27-20(19)4-7-24-27)13-18(28-16)12-25-14-21(15-25)5-8-23-9-6-21/h2-4,7,16,18,23H,5-6,8-9,11-15H2,1H3/t16-,18+/m1/s1. The monoisotopic (exact) mass is 380 g/mol. The summed E-state index contributed by atoms with van der Waals surface area (Å²) in [6, 6.07) is 8.12. The van der Waals surface area contributed by atoms with Crippen LogP contribution in [0.2, 0.25) is 0 Å². The molecule has 3 aliphatic rings. The Labute approximate surface area is 165 Å². The summed E-state index contributed by atoms with van der Waals surface area (Å²) >= 11 is 0. The molecule has 0 bridgehead atoms. The summed E-state index contributed by atoms with van der Waals surface area (Å²) in [6.45, 7) is 9.65. The topological polar surface area (TPSA) is 68.8 Å². The van der Waals surface area contributed by atoms with Gasteiger partial charge in [0, 0.05) is 32.7 Å². The summed E-state index contributed by atoms with van der Waals surface area (Å²) in [5.74, 6) is 0. The van der Waals surface area contributed by atoms with Crippen LogP contribution in [0.15, 0.2) is 24.4 Å². The average molecular weight is 380 g/mol. The number of morpholine rings is 1. The molecule has 7 nitrogen and oxygen atoms in total. The number of aromatic nitrogens is 2. The fraction of sp³-hybridized carbons (Fsp3) is 0.619. The van der Waals surface area contributed by atoms with Crippen LogP contribution in [0, 0.1) is 16.7 Å². The van der Waals surface area contributed by atoms with Crippen molar-refractivity contribution >= 4 is 11.2 Å². The van der Waals surface area contributed by atoms with Gasteiger partial charge in [-0.15, -0.1) is 0 Å². The summed E-state index contributed by atoms with van der Waals surface area (Å²) in [6.07, 6.45) is 4.77. The molecule has 0 unspecified atom stereocenters. The number of anilines is 1. The Kier molecular flexibility index (Phi) is 4.50. The smallest absolute Gasteiger partial charge is 0.142 e. The molecule has 5 rings (SSSR count). The van der Waals surface area contributed by atoms with Crippen molar-refractivity contribution in [1.82, 2.24) is 19.8 Å². The molecule has 2 aromatic heterocycles. The molecule has 5 heterocycles. The number of piperidine rings is 1. The molecular weight excluding hydrogens is 352 g/mol. The summed E-state index contributed by atoms with van der Waals surface area (Å²) in [7, 11) is 0. The van der Waals surface area contributed by atoms with Crippen molar-refractivity contribution in [2.24, 2.45) is 5.41 Å². The van der Waals surface area contributed by atoms with Crippen LogP contribution in [-0.4, -0.2) is 72.5 Å². The lowest BCUT2D eigenvalue weighted by molar-refractivity contribution is -0.0811. The van der Waals surface area contributed by atoms with E-state index in [1.807, 2.05) is 12.1 Å². The van der Waals surface area contributed by atoms with Gasteiger partial charge in [-0.2, -0.15) is 10.4 Å². The highest BCUT2D eigenvalue weighted by Gasteiger charge is 2.44. The van der Waals surface area contributed by atoms with Gasteiger partial charge in [-0.3, -0.25) is 4.90 Å². The molecule has 3 fully saturated rings. The second-order valence-corrected chi connectivity index (χ2v) is 8.74. The number of ether oxygens (including phenoxy) is 1. The number of pyridine rings is 1. The van der Waals surface area contributed by atoms with Crippen molar-refractivity contribution < 1.29 is 4.74 Å². The van der Waals surface area contributed by atoms with E-state index in [0.717, 1.165) is 30.8 Å². The Bertz CT molecular complexity index is 888. The maximum atomic E-state index is 9.32. The van der Waals surface area contributed by atoms with Gasteiger partial charge in [-0.25, -0.2) is 4.52 Å². The van der Waals surface area contributed by atoms with Crippen molar-refractivity contribution in [2.75, 3.05) is 50.7 Å². The third-order valence-corrected chi connectivity index (χ3v) is 6.56. The predicted molar refractivity (Wildman–Crippen MR) is 107 cm³/mol. The van der Waals surface area contributed by atoms with E-state index in [-0.39, 0.29) is 12.2 Å². The number of rotatable bonds is 3. The molecule has 148 valence electrons. The van der Waals surface area contributed by atoms with Gasteiger partial charge in [0.1, 0.15) is 11.8 Å². The minimum Gasteiger partial charge on any atom is -0.370 e. The number of nitriles is 1. The van der Waals surface area contributed by atoms with Gasteiger partial charge in [0.25, 0.3) is 0 Å². The molecule has 1 N–H and O–H groups in total. The normalized spacial score (nSPS) is 27.6. The summed E-state index contributed by atoms with van der Waals surface area (Å²) in [5, 5.41) is 17.1. The van der Waals surface area contributed by atoms with Crippen LogP contribution in [0.5, 0.6) is 0 Å². The van der Waals surface area contributed by atoms with Crippen LogP contribution in [0.4, 0.5) is 5.69 Å². The maximum absolute atomic E-state index is 9.32. The average Bonchev–Trinajstić information content (AvgIpc) is 3.16. The lowest BCUT2D eigenvalue weighted by Crippen LogP contribution is -2.62. The fourth-order valence-corrected chi connectivity index (χ4v) is 5.29. The molecule has 0 amide bonds. The van der Waals surface area contributed by atoms with E-state index < -0.39 is 0 Å². The molecule has 3 saturated heterocycles. The largest absolute Gasteiger partial charge is 0.370 e. The Morgan fingerprint density at radius 1 is 1.25 bits per heavy atom. The number of likely N-dealkylation sites (tertiary alicyclic amines) is 1. The number of nitrogens with one attached hydrogen (secondary N) is 1. The fourth-order valence-electron chi connectivity index (χ4n) is 5.29. The first kappa shape index (κ1) is 17.9. The van der Waals surface area contributed by atoms with Gasteiger partial charge in [0.05, 0.1) is 29.6 Å². The number of hydrogen-bond donors (Lipinski definition) is 1. The highest BCUT2D eigenvalue weighted by molar-refractivity contribution is 5.74. The molecule has 2 aromatic rings. The van der Waals surface area contributed by atoms with E-state index in [1.165, 1.54) is 39.0 Å². The maximum Gasteiger partial charge on any atom is 0.142 e. The predicted octanol–water partition coefficient (Wildman–Crippen LogP) is 1.49. The number of fused-ring (bicyclic) bond motifs is 1. The first-order valence-electron chi connectivity index (χ1n) is 10.4. The third kappa shape index (κ3) is 3.16. The number of nitrogens with zero attached hydrogens (tertiary/aromatic N) is 5. The third-order valence-electron chi connectivity index (χ3n) is 6.56. The quantitative estimate of drug-likeness (QED) is 0.870. The Balaban J connectivity index is 1.29. The molecule has 1 spiro atoms. The van der Waals surface area contributed by atoms with E-state index in [0.29, 0.717) is 11.1 Å². The molecule has 3 aliphatic heterocycles. The summed E-state index contributed by atoms with van der Waals surface area (Å²) in [4.78, 5) is 4.97. The lowest BCUT2D eigenvalue weighted by atomic mass is 9.72. The van der Waals surface area contributed by atoms with Gasteiger partial charge in [0.2, 0.25) is 0 Å². The van der Waals surface area contributed by atoms with Crippen LogP contribution in [0.1, 0.15) is 25.5 Å². The van der Waals surface area contributed by atoms with Gasteiger partial charge < -0.3 is 15.0 Å². The lowest BCUT2D eigenvalue weighted by Gasteiger charge is -2.54. The van der Waals surface area contributed by atoms with Crippen LogP contribution >= 0.6 is 0 Å². The van der Waals surface area contributed by atoms with Crippen molar-refractivity contribution in [3.63, 3.8) is 0 Å². The minimum absolute atomic E-state index is 0.187. The van der Waals surface area contributed by atoms with Crippen molar-refractivity contribution in [3.8, 4) is 6.07 Å². The van der Waals surface area contributed by atoms with Gasteiger partial charge >= 0.3 is 0 Å². The molecule has 0 aliphatic carbocycles. The van der Waals surface area contributed by atoms with Crippen molar-refractivity contribution in [2.45, 2.75) is 32.0 Å². The second-order valence-electron chi connectivity index (χ2n) is 8.74. The number of hydrogen-bond acceptors (Lipinski definition) is 6. The highest BCUT2D eigenvalue weighted by Crippen LogP contribution is 2.39.